The molecular formula is C8H7N5O2. The van der Waals surface area contributed by atoms with Crippen LogP contribution >= 0.6 is 0 Å². The number of carbonyl (C=O) groups is 1. The number of nitrogens with zero attached hydrogens (tertiary/aromatic N) is 2. The highest BCUT2D eigenvalue weighted by Crippen LogP contribution is 2.33. The van der Waals surface area contributed by atoms with Gasteiger partial charge in [-0.3, -0.25) is 5.10 Å². The Labute approximate surface area is 83.5 Å². The SMILES string of the molecule is O=C(O)c1[nH]nc2c1NCc1[nH]cnc1-2. The third-order valence-electron chi connectivity index (χ3n) is 2.36. The molecule has 4 N–H and O–H groups in total. The molecule has 0 radical (unpaired) electrons. The van der Waals surface area contributed by atoms with E-state index in [1.54, 1.807) is 6.33 Å². The van der Waals surface area contributed by atoms with Gasteiger partial charge in [-0.2, -0.15) is 5.10 Å². The summed E-state index contributed by atoms with van der Waals surface area (Å²) in [6.45, 7) is 0.530. The minimum atomic E-state index is -1.03. The first kappa shape index (κ1) is 8.04. The third-order valence-corrected chi connectivity index (χ3v) is 2.36. The number of H-pyrrole nitrogens is 2. The van der Waals surface area contributed by atoms with E-state index in [1.807, 2.05) is 0 Å². The summed E-state index contributed by atoms with van der Waals surface area (Å²) < 4.78 is 0. The number of aromatic nitrogens is 4. The Kier molecular flexibility index (Phi) is 1.39. The molecule has 15 heavy (non-hydrogen) atoms. The fraction of sp³-hybridized carbons (Fsp3) is 0.125. The van der Waals surface area contributed by atoms with Crippen LogP contribution in [0.3, 0.4) is 0 Å². The van der Waals surface area contributed by atoms with E-state index in [9.17, 15) is 4.79 Å². The Morgan fingerprint density at radius 3 is 3.13 bits per heavy atom. The minimum Gasteiger partial charge on any atom is -0.476 e. The van der Waals surface area contributed by atoms with Crippen LogP contribution in [-0.2, 0) is 6.54 Å². The number of fused-ring (bicyclic) bond motifs is 3. The summed E-state index contributed by atoms with van der Waals surface area (Å²) in [6, 6.07) is 0. The highest BCUT2D eigenvalue weighted by Gasteiger charge is 2.26. The van der Waals surface area contributed by atoms with Crippen molar-refractivity contribution in [3.05, 3.63) is 17.7 Å². The molecule has 0 aliphatic carbocycles. The molecule has 0 atom stereocenters. The molecule has 1 aliphatic heterocycles. The van der Waals surface area contributed by atoms with Crippen LogP contribution in [0.2, 0.25) is 0 Å². The van der Waals surface area contributed by atoms with Gasteiger partial charge >= 0.3 is 5.97 Å². The topological polar surface area (TPSA) is 107 Å². The van der Waals surface area contributed by atoms with E-state index in [-0.39, 0.29) is 5.69 Å². The highest BCUT2D eigenvalue weighted by atomic mass is 16.4. The summed E-state index contributed by atoms with van der Waals surface area (Å²) >= 11 is 0. The van der Waals surface area contributed by atoms with Crippen LogP contribution in [-0.4, -0.2) is 31.2 Å². The van der Waals surface area contributed by atoms with Gasteiger partial charge in [0.2, 0.25) is 0 Å². The summed E-state index contributed by atoms with van der Waals surface area (Å²) in [5.41, 5.74) is 2.73. The van der Waals surface area contributed by atoms with Crippen molar-refractivity contribution < 1.29 is 9.90 Å². The van der Waals surface area contributed by atoms with Crippen LogP contribution in [0, 0.1) is 0 Å². The molecule has 1 aliphatic rings. The van der Waals surface area contributed by atoms with Crippen LogP contribution in [0.4, 0.5) is 5.69 Å². The van der Waals surface area contributed by atoms with E-state index in [1.165, 1.54) is 0 Å². The molecule has 0 aromatic carbocycles. The quantitative estimate of drug-likeness (QED) is 0.539. The number of carboxylic acids is 1. The van der Waals surface area contributed by atoms with Crippen molar-refractivity contribution in [3.63, 3.8) is 0 Å². The second-order valence-corrected chi connectivity index (χ2v) is 3.21. The summed E-state index contributed by atoms with van der Waals surface area (Å²) in [5, 5.41) is 18.3. The van der Waals surface area contributed by atoms with E-state index >= 15 is 0 Å². The average Bonchev–Trinajstić information content (AvgIpc) is 2.82. The number of hydrogen-bond acceptors (Lipinski definition) is 4. The number of imidazole rings is 1. The van der Waals surface area contributed by atoms with Gasteiger partial charge in [-0.15, -0.1) is 0 Å². The molecule has 7 nitrogen and oxygen atoms in total. The summed E-state index contributed by atoms with van der Waals surface area (Å²) in [7, 11) is 0. The molecule has 0 saturated heterocycles. The van der Waals surface area contributed by atoms with E-state index in [0.29, 0.717) is 23.6 Å². The lowest BCUT2D eigenvalue weighted by Crippen LogP contribution is -2.10. The summed E-state index contributed by atoms with van der Waals surface area (Å²) in [4.78, 5) is 17.9. The molecule has 7 heteroatoms. The van der Waals surface area contributed by atoms with Crippen molar-refractivity contribution in [2.45, 2.75) is 6.54 Å². The Morgan fingerprint density at radius 1 is 1.47 bits per heavy atom. The van der Waals surface area contributed by atoms with Gasteiger partial charge in [0.15, 0.2) is 5.69 Å². The van der Waals surface area contributed by atoms with Crippen LogP contribution < -0.4 is 5.32 Å². The van der Waals surface area contributed by atoms with Crippen molar-refractivity contribution in [2.24, 2.45) is 0 Å². The minimum absolute atomic E-state index is 0.0682. The van der Waals surface area contributed by atoms with Gasteiger partial charge in [-0.05, 0) is 0 Å². The van der Waals surface area contributed by atoms with Crippen molar-refractivity contribution >= 4 is 11.7 Å². The number of aromatic amines is 2. The first-order valence-corrected chi connectivity index (χ1v) is 4.35. The zero-order valence-electron chi connectivity index (χ0n) is 7.53. The molecular weight excluding hydrogens is 198 g/mol. The van der Waals surface area contributed by atoms with Crippen LogP contribution in [0.25, 0.3) is 11.4 Å². The van der Waals surface area contributed by atoms with Gasteiger partial charge in [0, 0.05) is 0 Å². The van der Waals surface area contributed by atoms with Crippen molar-refractivity contribution in [2.75, 3.05) is 5.32 Å². The Hall–Kier alpha value is -2.31. The second-order valence-electron chi connectivity index (χ2n) is 3.21. The van der Waals surface area contributed by atoms with Gasteiger partial charge in [0.1, 0.15) is 11.4 Å². The predicted octanol–water partition coefficient (Wildman–Crippen LogP) is 0.423. The molecule has 3 rings (SSSR count). The Balaban J connectivity index is 2.23. The number of nitrogens with one attached hydrogen (secondary N) is 3. The lowest BCUT2D eigenvalue weighted by molar-refractivity contribution is 0.0691. The first-order valence-electron chi connectivity index (χ1n) is 4.35. The molecule has 0 saturated carbocycles. The van der Waals surface area contributed by atoms with Crippen molar-refractivity contribution in [1.29, 1.82) is 0 Å². The highest BCUT2D eigenvalue weighted by molar-refractivity contribution is 5.97. The lowest BCUT2D eigenvalue weighted by Gasteiger charge is -2.12. The predicted molar refractivity (Wildman–Crippen MR) is 50.5 cm³/mol. The maximum absolute atomic E-state index is 10.8. The molecule has 0 amide bonds. The zero-order valence-corrected chi connectivity index (χ0v) is 7.53. The monoisotopic (exact) mass is 205 g/mol. The third kappa shape index (κ3) is 0.967. The van der Waals surface area contributed by atoms with Gasteiger partial charge < -0.3 is 15.4 Å². The Bertz CT molecular complexity index is 541. The Morgan fingerprint density at radius 2 is 2.33 bits per heavy atom. The fourth-order valence-electron chi connectivity index (χ4n) is 1.68. The molecule has 0 spiro atoms. The van der Waals surface area contributed by atoms with Crippen LogP contribution in [0.5, 0.6) is 0 Å². The van der Waals surface area contributed by atoms with E-state index < -0.39 is 5.97 Å². The molecule has 0 fully saturated rings. The molecule has 0 bridgehead atoms. The van der Waals surface area contributed by atoms with Crippen molar-refractivity contribution in [1.82, 2.24) is 20.2 Å². The van der Waals surface area contributed by atoms with Crippen LogP contribution in [0.1, 0.15) is 16.2 Å². The maximum atomic E-state index is 10.8. The van der Waals surface area contributed by atoms with Gasteiger partial charge in [0.05, 0.1) is 24.3 Å². The summed E-state index contributed by atoms with van der Waals surface area (Å²) in [5.74, 6) is -1.03. The van der Waals surface area contributed by atoms with E-state index in [4.69, 9.17) is 5.11 Å². The number of hydrogen-bond donors (Lipinski definition) is 4. The average molecular weight is 205 g/mol. The van der Waals surface area contributed by atoms with E-state index in [0.717, 1.165) is 5.69 Å². The summed E-state index contributed by atoms with van der Waals surface area (Å²) in [6.07, 6.45) is 1.57. The molecule has 3 heterocycles. The van der Waals surface area contributed by atoms with Crippen molar-refractivity contribution in [3.8, 4) is 11.4 Å². The smallest absolute Gasteiger partial charge is 0.356 e. The maximum Gasteiger partial charge on any atom is 0.356 e. The standard InChI is InChI=1S/C8H7N5O2/c14-8(15)7-5-6(12-13-7)4-3(1-9-5)10-2-11-4/h2,9H,1H2,(H,10,11)(H,12,13)(H,14,15). The number of anilines is 1. The normalized spacial score (nSPS) is 12.8. The van der Waals surface area contributed by atoms with Gasteiger partial charge in [0.25, 0.3) is 0 Å². The molecule has 2 aromatic heterocycles. The fourth-order valence-corrected chi connectivity index (χ4v) is 1.68. The molecule has 0 unspecified atom stereocenters. The molecule has 2 aromatic rings. The largest absolute Gasteiger partial charge is 0.476 e. The molecule has 76 valence electrons. The lowest BCUT2D eigenvalue weighted by atomic mass is 10.1. The number of carboxylic acid groups (broad SMARTS) is 1. The zero-order chi connectivity index (χ0) is 10.4. The van der Waals surface area contributed by atoms with Gasteiger partial charge in [-0.1, -0.05) is 0 Å². The number of aromatic carboxylic acids is 1. The first-order chi connectivity index (χ1) is 7.27. The number of rotatable bonds is 1. The van der Waals surface area contributed by atoms with Gasteiger partial charge in [-0.25, -0.2) is 9.78 Å². The second kappa shape index (κ2) is 2.59. The van der Waals surface area contributed by atoms with Crippen LogP contribution in [0.15, 0.2) is 6.33 Å². The van der Waals surface area contributed by atoms with E-state index in [2.05, 4.69) is 25.5 Å².